The molecule has 122 valence electrons. The normalized spacial score (nSPS) is 10.6. The van der Waals surface area contributed by atoms with Gasteiger partial charge in [-0.25, -0.2) is 4.98 Å². The number of amides is 1. The van der Waals surface area contributed by atoms with E-state index in [4.69, 9.17) is 0 Å². The summed E-state index contributed by atoms with van der Waals surface area (Å²) in [5, 5.41) is 2.74. The van der Waals surface area contributed by atoms with Crippen LogP contribution in [0.1, 0.15) is 10.4 Å². The van der Waals surface area contributed by atoms with E-state index >= 15 is 0 Å². The fourth-order valence-corrected chi connectivity index (χ4v) is 2.12. The largest absolute Gasteiger partial charge is 0.435 e. The van der Waals surface area contributed by atoms with Crippen LogP contribution in [0.15, 0.2) is 67.3 Å². The van der Waals surface area contributed by atoms with Gasteiger partial charge in [0.05, 0.1) is 6.33 Å². The molecule has 0 fully saturated rings. The predicted molar refractivity (Wildman–Crippen MR) is 84.6 cm³/mol. The van der Waals surface area contributed by atoms with Crippen molar-refractivity contribution in [2.45, 2.75) is 6.61 Å². The number of aromatic nitrogens is 2. The lowest BCUT2D eigenvalue weighted by atomic mass is 10.2. The highest BCUT2D eigenvalue weighted by molar-refractivity contribution is 6.04. The van der Waals surface area contributed by atoms with Crippen molar-refractivity contribution in [1.82, 2.24) is 9.55 Å². The Hall–Kier alpha value is -3.22. The van der Waals surface area contributed by atoms with E-state index in [2.05, 4.69) is 15.0 Å². The molecule has 0 atom stereocenters. The Labute approximate surface area is 136 Å². The number of ether oxygens (including phenoxy) is 1. The molecule has 1 aromatic heterocycles. The van der Waals surface area contributed by atoms with E-state index in [1.807, 2.05) is 22.9 Å². The molecule has 0 spiro atoms. The SMILES string of the molecule is O=C(Nc1ccc(-n2ccnc2)cc1)c1ccc(OC(F)F)cc1. The first-order chi connectivity index (χ1) is 11.6. The van der Waals surface area contributed by atoms with Gasteiger partial charge in [-0.15, -0.1) is 0 Å². The van der Waals surface area contributed by atoms with E-state index in [1.54, 1.807) is 24.7 Å². The van der Waals surface area contributed by atoms with E-state index < -0.39 is 6.61 Å². The van der Waals surface area contributed by atoms with Crippen LogP contribution in [0.4, 0.5) is 14.5 Å². The molecular weight excluding hydrogens is 316 g/mol. The van der Waals surface area contributed by atoms with Crippen LogP contribution >= 0.6 is 0 Å². The maximum Gasteiger partial charge on any atom is 0.387 e. The van der Waals surface area contributed by atoms with Gasteiger partial charge in [-0.2, -0.15) is 8.78 Å². The molecule has 3 aromatic rings. The summed E-state index contributed by atoms with van der Waals surface area (Å²) in [5.74, 6) is -0.333. The van der Waals surface area contributed by atoms with E-state index in [9.17, 15) is 13.6 Å². The van der Waals surface area contributed by atoms with Crippen LogP contribution in [0.25, 0.3) is 5.69 Å². The Bertz CT molecular complexity index is 801. The van der Waals surface area contributed by atoms with E-state index in [-0.39, 0.29) is 11.7 Å². The summed E-state index contributed by atoms with van der Waals surface area (Å²) in [6.07, 6.45) is 5.17. The third-order valence-electron chi connectivity index (χ3n) is 3.27. The molecular formula is C17H13F2N3O2. The van der Waals surface area contributed by atoms with Gasteiger partial charge >= 0.3 is 6.61 Å². The summed E-state index contributed by atoms with van der Waals surface area (Å²) in [6, 6.07) is 12.7. The average molecular weight is 329 g/mol. The fraction of sp³-hybridized carbons (Fsp3) is 0.0588. The van der Waals surface area contributed by atoms with Crippen LogP contribution in [0.3, 0.4) is 0 Å². The monoisotopic (exact) mass is 329 g/mol. The van der Waals surface area contributed by atoms with Crippen LogP contribution in [0.2, 0.25) is 0 Å². The summed E-state index contributed by atoms with van der Waals surface area (Å²) < 4.78 is 30.3. The number of hydrogen-bond donors (Lipinski definition) is 1. The number of carbonyl (C=O) groups excluding carboxylic acids is 1. The zero-order valence-electron chi connectivity index (χ0n) is 12.4. The molecule has 1 N–H and O–H groups in total. The summed E-state index contributed by atoms with van der Waals surface area (Å²) in [4.78, 5) is 16.1. The number of benzene rings is 2. The van der Waals surface area contributed by atoms with Crippen molar-refractivity contribution in [1.29, 1.82) is 0 Å². The van der Waals surface area contributed by atoms with Crippen LogP contribution in [-0.4, -0.2) is 22.1 Å². The summed E-state index contributed by atoms with van der Waals surface area (Å²) >= 11 is 0. The lowest BCUT2D eigenvalue weighted by Gasteiger charge is -2.08. The van der Waals surface area contributed by atoms with E-state index in [1.165, 1.54) is 24.3 Å². The second-order valence-electron chi connectivity index (χ2n) is 4.87. The highest BCUT2D eigenvalue weighted by Crippen LogP contribution is 2.17. The molecule has 0 saturated heterocycles. The van der Waals surface area contributed by atoms with Crippen molar-refractivity contribution >= 4 is 11.6 Å². The van der Waals surface area contributed by atoms with Gasteiger partial charge in [-0.1, -0.05) is 0 Å². The standard InChI is InChI=1S/C17H13F2N3O2/c18-17(19)24-15-7-1-12(2-8-15)16(23)21-13-3-5-14(6-4-13)22-10-9-20-11-22/h1-11,17H,(H,21,23). The molecule has 7 heteroatoms. The molecule has 1 amide bonds. The second kappa shape index (κ2) is 6.91. The lowest BCUT2D eigenvalue weighted by Crippen LogP contribution is -2.12. The minimum atomic E-state index is -2.89. The molecule has 0 unspecified atom stereocenters. The highest BCUT2D eigenvalue weighted by Gasteiger charge is 2.08. The molecule has 1 heterocycles. The van der Waals surface area contributed by atoms with Crippen molar-refractivity contribution in [3.8, 4) is 11.4 Å². The number of imidazole rings is 1. The van der Waals surface area contributed by atoms with Crippen LogP contribution in [-0.2, 0) is 0 Å². The van der Waals surface area contributed by atoms with Crippen LogP contribution < -0.4 is 10.1 Å². The molecule has 5 nitrogen and oxygen atoms in total. The van der Waals surface area contributed by atoms with Crippen molar-refractivity contribution in [2.24, 2.45) is 0 Å². The first kappa shape index (κ1) is 15.7. The van der Waals surface area contributed by atoms with Gasteiger partial charge in [0.2, 0.25) is 0 Å². The smallest absolute Gasteiger partial charge is 0.387 e. The minimum Gasteiger partial charge on any atom is -0.435 e. The third kappa shape index (κ3) is 3.75. The summed E-state index contributed by atoms with van der Waals surface area (Å²) in [5.41, 5.74) is 1.88. The molecule has 0 aliphatic carbocycles. The quantitative estimate of drug-likeness (QED) is 0.776. The van der Waals surface area contributed by atoms with Gasteiger partial charge in [0, 0.05) is 29.3 Å². The average Bonchev–Trinajstić information content (AvgIpc) is 3.10. The zero-order valence-corrected chi connectivity index (χ0v) is 12.4. The molecule has 24 heavy (non-hydrogen) atoms. The van der Waals surface area contributed by atoms with Gasteiger partial charge < -0.3 is 14.6 Å². The van der Waals surface area contributed by atoms with E-state index in [0.717, 1.165) is 5.69 Å². The molecule has 0 bridgehead atoms. The van der Waals surface area contributed by atoms with Gasteiger partial charge in [-0.05, 0) is 48.5 Å². The number of carbonyl (C=O) groups is 1. The number of nitrogens with zero attached hydrogens (tertiary/aromatic N) is 2. The molecule has 0 aliphatic rings. The predicted octanol–water partition coefficient (Wildman–Crippen LogP) is 3.73. The Kier molecular flexibility index (Phi) is 4.51. The Morgan fingerprint density at radius 2 is 1.79 bits per heavy atom. The third-order valence-corrected chi connectivity index (χ3v) is 3.27. The van der Waals surface area contributed by atoms with Crippen molar-refractivity contribution in [3.05, 3.63) is 72.8 Å². The second-order valence-corrected chi connectivity index (χ2v) is 4.87. The number of halogens is 2. The van der Waals surface area contributed by atoms with Crippen molar-refractivity contribution < 1.29 is 18.3 Å². The van der Waals surface area contributed by atoms with Gasteiger partial charge in [-0.3, -0.25) is 4.79 Å². The highest BCUT2D eigenvalue weighted by atomic mass is 19.3. The summed E-state index contributed by atoms with van der Waals surface area (Å²) in [6.45, 7) is -2.89. The molecule has 0 saturated carbocycles. The van der Waals surface area contributed by atoms with Gasteiger partial charge in [0.1, 0.15) is 5.75 Å². The zero-order chi connectivity index (χ0) is 16.9. The van der Waals surface area contributed by atoms with Crippen molar-refractivity contribution in [2.75, 3.05) is 5.32 Å². The topological polar surface area (TPSA) is 56.2 Å². The maximum absolute atomic E-state index is 12.1. The fourth-order valence-electron chi connectivity index (χ4n) is 2.12. The number of hydrogen-bond acceptors (Lipinski definition) is 3. The molecule has 0 aliphatic heterocycles. The number of rotatable bonds is 5. The number of nitrogens with one attached hydrogen (secondary N) is 1. The minimum absolute atomic E-state index is 0.00577. The lowest BCUT2D eigenvalue weighted by molar-refractivity contribution is -0.0498. The van der Waals surface area contributed by atoms with Gasteiger partial charge in [0.25, 0.3) is 5.91 Å². The molecule has 2 aromatic carbocycles. The molecule has 0 radical (unpaired) electrons. The first-order valence-corrected chi connectivity index (χ1v) is 7.06. The van der Waals surface area contributed by atoms with E-state index in [0.29, 0.717) is 11.3 Å². The summed E-state index contributed by atoms with van der Waals surface area (Å²) in [7, 11) is 0. The van der Waals surface area contributed by atoms with Gasteiger partial charge in [0.15, 0.2) is 0 Å². The Morgan fingerprint density at radius 1 is 1.08 bits per heavy atom. The Balaban J connectivity index is 1.66. The first-order valence-electron chi connectivity index (χ1n) is 7.06. The molecule has 3 rings (SSSR count). The maximum atomic E-state index is 12.1. The Morgan fingerprint density at radius 3 is 2.38 bits per heavy atom. The van der Waals surface area contributed by atoms with Crippen molar-refractivity contribution in [3.63, 3.8) is 0 Å². The number of anilines is 1. The van der Waals surface area contributed by atoms with Crippen LogP contribution in [0, 0.1) is 0 Å². The van der Waals surface area contributed by atoms with Crippen LogP contribution in [0.5, 0.6) is 5.75 Å². The number of alkyl halides is 2.